The quantitative estimate of drug-likeness (QED) is 0.359. The van der Waals surface area contributed by atoms with E-state index in [1.54, 1.807) is 18.7 Å². The second-order valence-electron chi connectivity index (χ2n) is 13.1. The fourth-order valence-corrected chi connectivity index (χ4v) is 6.59. The Morgan fingerprint density at radius 2 is 1.70 bits per heavy atom. The minimum atomic E-state index is -0.894. The van der Waals surface area contributed by atoms with E-state index in [1.165, 1.54) is 10.8 Å². The van der Waals surface area contributed by atoms with E-state index in [0.717, 1.165) is 33.4 Å². The number of urea groups is 1. The van der Waals surface area contributed by atoms with Gasteiger partial charge in [-0.05, 0) is 88.1 Å². The zero-order valence-corrected chi connectivity index (χ0v) is 27.6. The second-order valence-corrected chi connectivity index (χ2v) is 13.1. The van der Waals surface area contributed by atoms with E-state index in [9.17, 15) is 24.0 Å². The van der Waals surface area contributed by atoms with Crippen LogP contribution >= 0.6 is 0 Å². The summed E-state index contributed by atoms with van der Waals surface area (Å²) in [5, 5.41) is 3.02. The van der Waals surface area contributed by atoms with Crippen LogP contribution < -0.4 is 22.3 Å². The third kappa shape index (κ3) is 7.58. The van der Waals surface area contributed by atoms with Crippen LogP contribution in [-0.2, 0) is 29.0 Å². The third-order valence-electron chi connectivity index (χ3n) is 9.37. The Bertz CT molecular complexity index is 1790. The van der Waals surface area contributed by atoms with Gasteiger partial charge >= 0.3 is 17.8 Å². The van der Waals surface area contributed by atoms with Gasteiger partial charge in [0, 0.05) is 44.1 Å². The van der Waals surface area contributed by atoms with E-state index in [2.05, 4.69) is 5.32 Å². The molecule has 4 amide bonds. The van der Waals surface area contributed by atoms with Crippen molar-refractivity contribution in [2.75, 3.05) is 25.0 Å². The van der Waals surface area contributed by atoms with Gasteiger partial charge in [-0.15, -0.1) is 0 Å². The summed E-state index contributed by atoms with van der Waals surface area (Å²) in [6, 6.07) is 13.3. The number of nitrogens with zero attached hydrogens (tertiary/aromatic N) is 4. The van der Waals surface area contributed by atoms with Crippen molar-refractivity contribution in [3.8, 4) is 11.1 Å². The molecule has 47 heavy (non-hydrogen) atoms. The smallest absolute Gasteiger partial charge is 0.405 e. The fourth-order valence-electron chi connectivity index (χ4n) is 6.59. The number of fused-ring (bicyclic) bond motifs is 1. The van der Waals surface area contributed by atoms with Crippen LogP contribution in [0.5, 0.6) is 0 Å². The maximum Gasteiger partial charge on any atom is 0.405 e. The van der Waals surface area contributed by atoms with Crippen molar-refractivity contribution in [2.45, 2.75) is 84.5 Å². The molecule has 0 unspecified atom stereocenters. The lowest BCUT2D eigenvalue weighted by molar-refractivity contribution is -0.133. The number of carbonyl (C=O) groups is 3. The molecule has 2 aliphatic rings. The van der Waals surface area contributed by atoms with Crippen molar-refractivity contribution in [3.05, 3.63) is 86.2 Å². The number of anilines is 1. The monoisotopic (exact) mass is 644 g/mol. The zero-order valence-electron chi connectivity index (χ0n) is 27.6. The number of hydrogen-bond donors (Lipinski definition) is 2. The van der Waals surface area contributed by atoms with Gasteiger partial charge in [-0.3, -0.25) is 18.7 Å². The van der Waals surface area contributed by atoms with Gasteiger partial charge in [-0.1, -0.05) is 36.4 Å². The van der Waals surface area contributed by atoms with Crippen molar-refractivity contribution in [1.82, 2.24) is 18.9 Å². The van der Waals surface area contributed by atoms with Crippen molar-refractivity contribution >= 4 is 23.7 Å². The highest BCUT2D eigenvalue weighted by atomic mass is 16.6. The Morgan fingerprint density at radius 3 is 2.43 bits per heavy atom. The lowest BCUT2D eigenvalue weighted by Crippen LogP contribution is -2.51. The number of nitrogens with two attached hydrogens (primary N) is 1. The molecule has 3 heterocycles. The van der Waals surface area contributed by atoms with E-state index in [0.29, 0.717) is 56.4 Å². The van der Waals surface area contributed by atoms with Gasteiger partial charge in [0.25, 0.3) is 5.56 Å². The number of carbonyl (C=O) groups excluding carboxylic acids is 3. The van der Waals surface area contributed by atoms with Crippen LogP contribution in [0.3, 0.4) is 0 Å². The van der Waals surface area contributed by atoms with E-state index >= 15 is 0 Å². The standard InChI is InChI=1S/C35H44N6O6/c1-23-9-7-11-27(24(23)2)28-21-39(34(46)41(31(28)43)17-8-16-35(3,4)47-32(36)44)22-30(42)38-18-14-26(15-19-38)40-20-13-25-10-5-6-12-29(25)37-33(40)45/h5-7,9-12,21,26H,8,13-20,22H2,1-4H3,(H2,36,44)(H,37,45). The number of piperidine rings is 1. The van der Waals surface area contributed by atoms with Crippen LogP contribution in [0.2, 0.25) is 0 Å². The van der Waals surface area contributed by atoms with E-state index < -0.39 is 22.9 Å². The molecule has 0 aliphatic carbocycles. The highest BCUT2D eigenvalue weighted by molar-refractivity contribution is 5.91. The first kappa shape index (κ1) is 33.5. The minimum absolute atomic E-state index is 0.00307. The van der Waals surface area contributed by atoms with Gasteiger partial charge < -0.3 is 25.6 Å². The Kier molecular flexibility index (Phi) is 9.88. The van der Waals surface area contributed by atoms with Crippen LogP contribution in [0.1, 0.15) is 56.2 Å². The number of aromatic nitrogens is 2. The summed E-state index contributed by atoms with van der Waals surface area (Å²) in [4.78, 5) is 69.0. The summed E-state index contributed by atoms with van der Waals surface area (Å²) in [5.41, 5.74) is 8.17. The molecule has 5 rings (SSSR count). The van der Waals surface area contributed by atoms with Gasteiger partial charge in [0.15, 0.2) is 0 Å². The summed E-state index contributed by atoms with van der Waals surface area (Å²) in [7, 11) is 0. The van der Waals surface area contributed by atoms with Crippen LogP contribution in [-0.4, -0.2) is 68.2 Å². The molecular weight excluding hydrogens is 600 g/mol. The maximum absolute atomic E-state index is 13.7. The van der Waals surface area contributed by atoms with E-state index in [4.69, 9.17) is 10.5 Å². The number of para-hydroxylation sites is 1. The molecule has 1 aromatic heterocycles. The van der Waals surface area contributed by atoms with Crippen LogP contribution in [0, 0.1) is 13.8 Å². The zero-order chi connectivity index (χ0) is 33.9. The number of nitrogens with one attached hydrogen (secondary N) is 1. The van der Waals surface area contributed by atoms with Crippen LogP contribution in [0.4, 0.5) is 15.3 Å². The highest BCUT2D eigenvalue weighted by Crippen LogP contribution is 2.26. The van der Waals surface area contributed by atoms with Crippen molar-refractivity contribution in [3.63, 3.8) is 0 Å². The number of primary amides is 1. The number of likely N-dealkylation sites (tertiary alicyclic amines) is 1. The third-order valence-corrected chi connectivity index (χ3v) is 9.37. The van der Waals surface area contributed by atoms with E-state index in [1.807, 2.05) is 61.2 Å². The molecule has 3 aromatic rings. The molecule has 0 saturated carbocycles. The normalized spacial score (nSPS) is 15.5. The number of rotatable bonds is 9. The van der Waals surface area contributed by atoms with Crippen LogP contribution in [0.15, 0.2) is 58.3 Å². The van der Waals surface area contributed by atoms with Gasteiger partial charge in [-0.2, -0.15) is 0 Å². The van der Waals surface area contributed by atoms with E-state index in [-0.39, 0.29) is 31.1 Å². The Balaban J connectivity index is 1.33. The molecule has 12 heteroatoms. The summed E-state index contributed by atoms with van der Waals surface area (Å²) >= 11 is 0. The first-order chi connectivity index (χ1) is 22.3. The molecule has 1 fully saturated rings. The number of aryl methyl sites for hydroxylation is 1. The van der Waals surface area contributed by atoms with Gasteiger partial charge in [0.2, 0.25) is 5.91 Å². The topological polar surface area (TPSA) is 149 Å². The number of hydrogen-bond acceptors (Lipinski definition) is 6. The molecule has 0 bridgehead atoms. The molecule has 1 saturated heterocycles. The lowest BCUT2D eigenvalue weighted by Gasteiger charge is -2.38. The Morgan fingerprint density at radius 1 is 0.979 bits per heavy atom. The maximum atomic E-state index is 13.7. The summed E-state index contributed by atoms with van der Waals surface area (Å²) in [6.45, 7) is 8.66. The predicted molar refractivity (Wildman–Crippen MR) is 179 cm³/mol. The number of amides is 4. The molecule has 0 radical (unpaired) electrons. The Hall–Kier alpha value is -4.87. The van der Waals surface area contributed by atoms with Gasteiger partial charge in [0.05, 0.1) is 5.56 Å². The SMILES string of the molecule is Cc1cccc(-c2cn(CC(=O)N3CCC(N4CCc5ccccc5NC4=O)CC3)c(=O)n(CCCC(C)(C)OC(N)=O)c2=O)c1C. The first-order valence-electron chi connectivity index (χ1n) is 16.2. The number of benzene rings is 2. The molecule has 0 atom stereocenters. The molecule has 2 aliphatic heterocycles. The molecule has 3 N–H and O–H groups in total. The van der Waals surface area contributed by atoms with Gasteiger partial charge in [0.1, 0.15) is 12.1 Å². The molecule has 250 valence electrons. The lowest BCUT2D eigenvalue weighted by atomic mass is 9.98. The minimum Gasteiger partial charge on any atom is -0.444 e. The fraction of sp³-hybridized carbons (Fsp3) is 0.457. The van der Waals surface area contributed by atoms with Gasteiger partial charge in [-0.25, -0.2) is 14.4 Å². The predicted octanol–water partition coefficient (Wildman–Crippen LogP) is 4.03. The highest BCUT2D eigenvalue weighted by Gasteiger charge is 2.32. The average molecular weight is 645 g/mol. The van der Waals surface area contributed by atoms with Crippen molar-refractivity contribution in [1.29, 1.82) is 0 Å². The van der Waals surface area contributed by atoms with Crippen molar-refractivity contribution < 1.29 is 19.1 Å². The molecule has 12 nitrogen and oxygen atoms in total. The average Bonchev–Trinajstić information content (AvgIpc) is 3.19. The summed E-state index contributed by atoms with van der Waals surface area (Å²) in [5.74, 6) is -0.230. The van der Waals surface area contributed by atoms with Crippen LogP contribution in [0.25, 0.3) is 11.1 Å². The Labute approximate surface area is 274 Å². The summed E-state index contributed by atoms with van der Waals surface area (Å²) < 4.78 is 7.64. The number of ether oxygens (including phenoxy) is 1. The molecule has 2 aromatic carbocycles. The summed E-state index contributed by atoms with van der Waals surface area (Å²) in [6.07, 6.45) is 3.33. The largest absolute Gasteiger partial charge is 0.444 e. The molecular formula is C35H44N6O6. The second kappa shape index (κ2) is 13.9. The first-order valence-corrected chi connectivity index (χ1v) is 16.2. The molecule has 0 spiro atoms. The van der Waals surface area contributed by atoms with Crippen molar-refractivity contribution in [2.24, 2.45) is 5.73 Å².